The molecule has 2 N–H and O–H groups in total. The van der Waals surface area contributed by atoms with Gasteiger partial charge in [0.25, 0.3) is 0 Å². The van der Waals surface area contributed by atoms with E-state index in [9.17, 15) is 19.8 Å². The van der Waals surface area contributed by atoms with Crippen LogP contribution < -0.4 is 0 Å². The third-order valence-electron chi connectivity index (χ3n) is 4.73. The first-order valence-electron chi connectivity index (χ1n) is 8.72. The molecule has 0 spiro atoms. The van der Waals surface area contributed by atoms with Crippen molar-refractivity contribution in [3.63, 3.8) is 0 Å². The lowest BCUT2D eigenvalue weighted by molar-refractivity contribution is 0.0686. The second-order valence-corrected chi connectivity index (χ2v) is 6.55. The molecule has 4 nitrogen and oxygen atoms in total. The monoisotopic (exact) mass is 368 g/mol. The van der Waals surface area contributed by atoms with Crippen molar-refractivity contribution in [3.05, 3.63) is 96.1 Å². The third kappa shape index (κ3) is 3.35. The van der Waals surface area contributed by atoms with E-state index in [-0.39, 0.29) is 11.1 Å². The van der Waals surface area contributed by atoms with Crippen molar-refractivity contribution in [1.29, 1.82) is 0 Å². The first kappa shape index (κ1) is 17.5. The van der Waals surface area contributed by atoms with Gasteiger partial charge in [-0.15, -0.1) is 0 Å². The first-order valence-corrected chi connectivity index (χ1v) is 8.72. The lowest BCUT2D eigenvalue weighted by Crippen LogP contribution is -1.96. The summed E-state index contributed by atoms with van der Waals surface area (Å²) in [6.45, 7) is 0. The maximum Gasteiger partial charge on any atom is 0.335 e. The minimum absolute atomic E-state index is 0.247. The molecule has 4 aromatic carbocycles. The van der Waals surface area contributed by atoms with E-state index in [0.717, 1.165) is 33.0 Å². The van der Waals surface area contributed by atoms with Gasteiger partial charge in [0, 0.05) is 0 Å². The molecule has 0 aromatic heterocycles. The molecule has 4 aromatic rings. The summed E-state index contributed by atoms with van der Waals surface area (Å²) in [5.74, 6) is -1.91. The zero-order valence-electron chi connectivity index (χ0n) is 14.8. The fraction of sp³-hybridized carbons (Fsp3) is 0. The molecule has 0 amide bonds. The topological polar surface area (TPSA) is 74.6 Å². The molecule has 0 aliphatic rings. The van der Waals surface area contributed by atoms with Crippen molar-refractivity contribution < 1.29 is 19.8 Å². The normalized spacial score (nSPS) is 10.7. The van der Waals surface area contributed by atoms with E-state index in [4.69, 9.17) is 0 Å². The number of benzene rings is 4. The first-order chi connectivity index (χ1) is 13.5. The molecule has 28 heavy (non-hydrogen) atoms. The summed E-state index contributed by atoms with van der Waals surface area (Å²) in [5.41, 5.74) is 4.01. The van der Waals surface area contributed by atoms with E-state index in [1.807, 2.05) is 48.5 Å². The van der Waals surface area contributed by atoms with Crippen LogP contribution in [0.1, 0.15) is 20.7 Å². The number of hydrogen-bond donors (Lipinski definition) is 2. The number of fused-ring (bicyclic) bond motifs is 1. The van der Waals surface area contributed by atoms with Crippen molar-refractivity contribution in [3.8, 4) is 22.3 Å². The number of hydrogen-bond acceptors (Lipinski definition) is 2. The number of carboxylic acid groups (broad SMARTS) is 2. The summed E-state index contributed by atoms with van der Waals surface area (Å²) in [6.07, 6.45) is 0. The Balaban J connectivity index is 1.79. The Morgan fingerprint density at radius 2 is 0.929 bits per heavy atom. The summed E-state index contributed by atoms with van der Waals surface area (Å²) >= 11 is 0. The molecular formula is C24H16O4. The molecule has 0 unspecified atom stereocenters. The third-order valence-corrected chi connectivity index (χ3v) is 4.73. The van der Waals surface area contributed by atoms with Gasteiger partial charge in [-0.2, -0.15) is 0 Å². The number of carboxylic acids is 2. The SMILES string of the molecule is O=C(O)c1cccc(-c2ccc3ccc(-c4cccc(C(=O)O)c4)cc3c2)c1. The number of aromatic carboxylic acids is 2. The molecule has 4 heteroatoms. The molecule has 0 fully saturated rings. The Kier molecular flexibility index (Phi) is 4.38. The molecule has 0 heterocycles. The van der Waals surface area contributed by atoms with Crippen LogP contribution >= 0.6 is 0 Å². The van der Waals surface area contributed by atoms with E-state index < -0.39 is 11.9 Å². The van der Waals surface area contributed by atoms with Crippen LogP contribution in [0.4, 0.5) is 0 Å². The second kappa shape index (κ2) is 7.00. The van der Waals surface area contributed by atoms with Gasteiger partial charge in [0.05, 0.1) is 11.1 Å². The van der Waals surface area contributed by atoms with Gasteiger partial charge in [0.1, 0.15) is 0 Å². The van der Waals surface area contributed by atoms with Gasteiger partial charge < -0.3 is 10.2 Å². The second-order valence-electron chi connectivity index (χ2n) is 6.55. The van der Waals surface area contributed by atoms with Crippen LogP contribution in [0.15, 0.2) is 84.9 Å². The molecule has 0 aliphatic carbocycles. The minimum Gasteiger partial charge on any atom is -0.478 e. The van der Waals surface area contributed by atoms with Gasteiger partial charge in [-0.3, -0.25) is 0 Å². The van der Waals surface area contributed by atoms with E-state index in [0.29, 0.717) is 0 Å². The molecule has 0 aliphatic heterocycles. The summed E-state index contributed by atoms with van der Waals surface area (Å²) in [4.78, 5) is 22.5. The molecule has 136 valence electrons. The summed E-state index contributed by atoms with van der Waals surface area (Å²) in [6, 6.07) is 25.6. The maximum atomic E-state index is 11.2. The van der Waals surface area contributed by atoms with Crippen LogP contribution in [-0.4, -0.2) is 22.2 Å². The molecule has 4 rings (SSSR count). The van der Waals surface area contributed by atoms with E-state index in [2.05, 4.69) is 0 Å². The Morgan fingerprint density at radius 3 is 1.36 bits per heavy atom. The lowest BCUT2D eigenvalue weighted by Gasteiger charge is -2.08. The standard InChI is InChI=1S/C24H16O4/c25-23(26)20-5-1-3-16(11-20)18-9-7-15-8-10-19(14-22(15)13-18)17-4-2-6-21(12-17)24(27)28/h1-14H,(H,25,26)(H,27,28). The minimum atomic E-state index is -0.955. The molecular weight excluding hydrogens is 352 g/mol. The number of rotatable bonds is 4. The van der Waals surface area contributed by atoms with Crippen LogP contribution in [-0.2, 0) is 0 Å². The Bertz CT molecular complexity index is 1130. The summed E-state index contributed by atoms with van der Waals surface area (Å²) in [5, 5.41) is 20.5. The highest BCUT2D eigenvalue weighted by molar-refractivity contribution is 5.94. The van der Waals surface area contributed by atoms with Gasteiger partial charge in [0.15, 0.2) is 0 Å². The van der Waals surface area contributed by atoms with Gasteiger partial charge in [-0.05, 0) is 69.4 Å². The van der Waals surface area contributed by atoms with Crippen LogP contribution in [0.2, 0.25) is 0 Å². The van der Waals surface area contributed by atoms with Crippen LogP contribution in [0.25, 0.3) is 33.0 Å². The van der Waals surface area contributed by atoms with Crippen molar-refractivity contribution >= 4 is 22.7 Å². The van der Waals surface area contributed by atoms with Crippen molar-refractivity contribution in [2.45, 2.75) is 0 Å². The Morgan fingerprint density at radius 1 is 0.500 bits per heavy atom. The average Bonchev–Trinajstić information content (AvgIpc) is 2.73. The molecule has 0 radical (unpaired) electrons. The number of carbonyl (C=O) groups is 2. The van der Waals surface area contributed by atoms with Crippen molar-refractivity contribution in [2.75, 3.05) is 0 Å². The molecule has 0 bridgehead atoms. The molecule has 0 saturated heterocycles. The zero-order chi connectivity index (χ0) is 19.7. The fourth-order valence-electron chi connectivity index (χ4n) is 3.27. The van der Waals surface area contributed by atoms with Gasteiger partial charge in [-0.1, -0.05) is 48.5 Å². The van der Waals surface area contributed by atoms with Gasteiger partial charge >= 0.3 is 11.9 Å². The van der Waals surface area contributed by atoms with E-state index >= 15 is 0 Å². The smallest absolute Gasteiger partial charge is 0.335 e. The predicted molar refractivity (Wildman–Crippen MR) is 109 cm³/mol. The van der Waals surface area contributed by atoms with Gasteiger partial charge in [-0.25, -0.2) is 9.59 Å². The lowest BCUT2D eigenvalue weighted by atomic mass is 9.96. The van der Waals surface area contributed by atoms with Gasteiger partial charge in [0.2, 0.25) is 0 Å². The van der Waals surface area contributed by atoms with Crippen molar-refractivity contribution in [1.82, 2.24) is 0 Å². The highest BCUT2D eigenvalue weighted by Gasteiger charge is 2.08. The van der Waals surface area contributed by atoms with Crippen LogP contribution in [0.3, 0.4) is 0 Å². The average molecular weight is 368 g/mol. The Hall–Kier alpha value is -3.92. The highest BCUT2D eigenvalue weighted by Crippen LogP contribution is 2.29. The van der Waals surface area contributed by atoms with Crippen LogP contribution in [0.5, 0.6) is 0 Å². The largest absolute Gasteiger partial charge is 0.478 e. The summed E-state index contributed by atoms with van der Waals surface area (Å²) in [7, 11) is 0. The maximum absolute atomic E-state index is 11.2. The zero-order valence-corrected chi connectivity index (χ0v) is 14.8. The fourth-order valence-corrected chi connectivity index (χ4v) is 3.27. The molecule has 0 saturated carbocycles. The van der Waals surface area contributed by atoms with Crippen LogP contribution in [0, 0.1) is 0 Å². The molecule has 0 atom stereocenters. The van der Waals surface area contributed by atoms with Crippen molar-refractivity contribution in [2.24, 2.45) is 0 Å². The summed E-state index contributed by atoms with van der Waals surface area (Å²) < 4.78 is 0. The van der Waals surface area contributed by atoms with E-state index in [1.54, 1.807) is 36.4 Å². The Labute approximate surface area is 161 Å². The highest BCUT2D eigenvalue weighted by atomic mass is 16.4. The quantitative estimate of drug-likeness (QED) is 0.494. The van der Waals surface area contributed by atoms with E-state index in [1.165, 1.54) is 0 Å². The predicted octanol–water partition coefficient (Wildman–Crippen LogP) is 5.57.